The summed E-state index contributed by atoms with van der Waals surface area (Å²) in [5.74, 6) is 0. The molecule has 1 aromatic carbocycles. The van der Waals surface area contributed by atoms with Crippen LogP contribution in [0.2, 0.25) is 0 Å². The molecular weight excluding hydrogens is 277 g/mol. The first-order chi connectivity index (χ1) is 9.70. The molecule has 2 nitrogen and oxygen atoms in total. The first-order valence-corrected chi connectivity index (χ1v) is 7.38. The van der Waals surface area contributed by atoms with Crippen LogP contribution in [0.1, 0.15) is 51.3 Å². The normalized spacial score (nSPS) is 16.8. The Bertz CT molecular complexity index is 438. The van der Waals surface area contributed by atoms with E-state index >= 15 is 0 Å². The highest BCUT2D eigenvalue weighted by molar-refractivity contribution is 5.28. The third-order valence-electron chi connectivity index (χ3n) is 4.47. The summed E-state index contributed by atoms with van der Waals surface area (Å²) in [5, 5.41) is 0. The van der Waals surface area contributed by atoms with E-state index in [1.54, 1.807) is 0 Å². The Labute approximate surface area is 125 Å². The molecule has 0 amide bonds. The third-order valence-corrected chi connectivity index (χ3v) is 4.47. The van der Waals surface area contributed by atoms with Gasteiger partial charge in [-0.25, -0.2) is 0 Å². The lowest BCUT2D eigenvalue weighted by Crippen LogP contribution is -2.52. The van der Waals surface area contributed by atoms with Gasteiger partial charge in [0.25, 0.3) is 0 Å². The van der Waals surface area contributed by atoms with Gasteiger partial charge in [-0.3, -0.25) is 4.90 Å². The number of alkyl halides is 3. The van der Waals surface area contributed by atoms with Crippen molar-refractivity contribution in [2.45, 2.75) is 51.9 Å². The predicted molar refractivity (Wildman–Crippen MR) is 80.0 cm³/mol. The Morgan fingerprint density at radius 3 is 1.86 bits per heavy atom. The zero-order valence-electron chi connectivity index (χ0n) is 13.2. The maximum absolute atomic E-state index is 12.6. The van der Waals surface area contributed by atoms with E-state index in [2.05, 4.69) is 32.6 Å². The highest BCUT2D eigenvalue weighted by atomic mass is 19.4. The van der Waals surface area contributed by atoms with Gasteiger partial charge in [-0.05, 0) is 44.1 Å². The molecular formula is C16H25F3N2. The van der Waals surface area contributed by atoms with Crippen LogP contribution in [0.4, 0.5) is 13.2 Å². The zero-order valence-corrected chi connectivity index (χ0v) is 13.2. The Balaban J connectivity index is 3.08. The Kier molecular flexibility index (Phi) is 5.82. The summed E-state index contributed by atoms with van der Waals surface area (Å²) >= 11 is 0. The SMILES string of the molecule is CCN(CC)C(C)(CC)C(N)c1ccc(C(F)(F)F)cc1. The third kappa shape index (κ3) is 3.77. The summed E-state index contributed by atoms with van der Waals surface area (Å²) in [6.07, 6.45) is -3.48. The number of nitrogens with two attached hydrogens (primary N) is 1. The summed E-state index contributed by atoms with van der Waals surface area (Å²) in [5.41, 5.74) is 6.19. The van der Waals surface area contributed by atoms with Crippen LogP contribution in [0.15, 0.2) is 24.3 Å². The quantitative estimate of drug-likeness (QED) is 0.852. The van der Waals surface area contributed by atoms with Crippen molar-refractivity contribution in [3.8, 4) is 0 Å². The van der Waals surface area contributed by atoms with Crippen molar-refractivity contribution in [3.05, 3.63) is 35.4 Å². The average Bonchev–Trinajstić information content (AvgIpc) is 2.46. The van der Waals surface area contributed by atoms with Gasteiger partial charge in [0.15, 0.2) is 0 Å². The number of rotatable bonds is 6. The molecule has 1 rings (SSSR count). The molecule has 21 heavy (non-hydrogen) atoms. The second-order valence-electron chi connectivity index (χ2n) is 5.48. The lowest BCUT2D eigenvalue weighted by Gasteiger charge is -2.44. The van der Waals surface area contributed by atoms with E-state index < -0.39 is 11.7 Å². The van der Waals surface area contributed by atoms with Crippen LogP contribution in [0, 0.1) is 0 Å². The summed E-state index contributed by atoms with van der Waals surface area (Å²) in [6.45, 7) is 9.97. The van der Waals surface area contributed by atoms with Gasteiger partial charge in [0, 0.05) is 11.6 Å². The predicted octanol–water partition coefficient (Wildman–Crippen LogP) is 4.22. The molecule has 2 atom stereocenters. The van der Waals surface area contributed by atoms with Gasteiger partial charge in [-0.1, -0.05) is 32.9 Å². The maximum atomic E-state index is 12.6. The smallest absolute Gasteiger partial charge is 0.322 e. The van der Waals surface area contributed by atoms with Gasteiger partial charge >= 0.3 is 6.18 Å². The van der Waals surface area contributed by atoms with Crippen molar-refractivity contribution in [2.75, 3.05) is 13.1 Å². The molecule has 0 heterocycles. The monoisotopic (exact) mass is 302 g/mol. The second kappa shape index (κ2) is 6.79. The fraction of sp³-hybridized carbons (Fsp3) is 0.625. The van der Waals surface area contributed by atoms with Crippen molar-refractivity contribution >= 4 is 0 Å². The first-order valence-electron chi connectivity index (χ1n) is 7.38. The molecule has 0 radical (unpaired) electrons. The molecule has 2 unspecified atom stereocenters. The molecule has 5 heteroatoms. The molecule has 0 saturated carbocycles. The molecule has 0 fully saturated rings. The molecule has 0 saturated heterocycles. The van der Waals surface area contributed by atoms with Crippen molar-refractivity contribution in [3.63, 3.8) is 0 Å². The molecule has 0 spiro atoms. The van der Waals surface area contributed by atoms with Crippen LogP contribution in [0.25, 0.3) is 0 Å². The van der Waals surface area contributed by atoms with Gasteiger partial charge in [-0.2, -0.15) is 13.2 Å². The minimum absolute atomic E-state index is 0.275. The van der Waals surface area contributed by atoms with Crippen LogP contribution >= 0.6 is 0 Å². The van der Waals surface area contributed by atoms with Crippen molar-refractivity contribution < 1.29 is 13.2 Å². The van der Waals surface area contributed by atoms with Crippen molar-refractivity contribution in [2.24, 2.45) is 5.73 Å². The Morgan fingerprint density at radius 1 is 1.05 bits per heavy atom. The lowest BCUT2D eigenvalue weighted by atomic mass is 9.83. The zero-order chi connectivity index (χ0) is 16.3. The first kappa shape index (κ1) is 18.0. The fourth-order valence-corrected chi connectivity index (χ4v) is 2.82. The van der Waals surface area contributed by atoms with Gasteiger partial charge < -0.3 is 5.73 Å². The number of halogens is 3. The van der Waals surface area contributed by atoms with Crippen LogP contribution in [-0.2, 0) is 6.18 Å². The molecule has 0 aliphatic carbocycles. The van der Waals surface area contributed by atoms with E-state index in [9.17, 15) is 13.2 Å². The lowest BCUT2D eigenvalue weighted by molar-refractivity contribution is -0.137. The number of hydrogen-bond acceptors (Lipinski definition) is 2. The van der Waals surface area contributed by atoms with Crippen molar-refractivity contribution in [1.29, 1.82) is 0 Å². The van der Waals surface area contributed by atoms with Crippen molar-refractivity contribution in [1.82, 2.24) is 4.90 Å². The molecule has 0 aliphatic heterocycles. The molecule has 0 bridgehead atoms. The highest BCUT2D eigenvalue weighted by Crippen LogP contribution is 2.34. The fourth-order valence-electron chi connectivity index (χ4n) is 2.82. The van der Waals surface area contributed by atoms with E-state index in [1.807, 2.05) is 0 Å². The van der Waals surface area contributed by atoms with Gasteiger partial charge in [-0.15, -0.1) is 0 Å². The summed E-state index contributed by atoms with van der Waals surface area (Å²) in [6, 6.07) is 4.86. The van der Waals surface area contributed by atoms with E-state index in [4.69, 9.17) is 5.73 Å². The summed E-state index contributed by atoms with van der Waals surface area (Å²) < 4.78 is 37.9. The van der Waals surface area contributed by atoms with Gasteiger partial charge in [0.1, 0.15) is 0 Å². The van der Waals surface area contributed by atoms with E-state index in [1.165, 1.54) is 12.1 Å². The van der Waals surface area contributed by atoms with Crippen LogP contribution in [0.3, 0.4) is 0 Å². The average molecular weight is 302 g/mol. The standard InChI is InChI=1S/C16H25F3N2/c1-5-15(4,21(6-2)7-3)14(20)12-8-10-13(11-9-12)16(17,18)19/h8-11,14H,5-7,20H2,1-4H3. The topological polar surface area (TPSA) is 29.3 Å². The van der Waals surface area contributed by atoms with Crippen LogP contribution in [-0.4, -0.2) is 23.5 Å². The van der Waals surface area contributed by atoms with Gasteiger partial charge in [0.2, 0.25) is 0 Å². The maximum Gasteiger partial charge on any atom is 0.416 e. The van der Waals surface area contributed by atoms with Gasteiger partial charge in [0.05, 0.1) is 5.56 Å². The summed E-state index contributed by atoms with van der Waals surface area (Å²) in [4.78, 5) is 2.26. The minimum atomic E-state index is -4.31. The second-order valence-corrected chi connectivity index (χ2v) is 5.48. The number of likely N-dealkylation sites (N-methyl/N-ethyl adjacent to an activating group) is 1. The molecule has 0 aromatic heterocycles. The summed E-state index contributed by atoms with van der Waals surface area (Å²) in [7, 11) is 0. The number of nitrogens with zero attached hydrogens (tertiary/aromatic N) is 1. The Morgan fingerprint density at radius 2 is 1.52 bits per heavy atom. The molecule has 0 aliphatic rings. The number of hydrogen-bond donors (Lipinski definition) is 1. The highest BCUT2D eigenvalue weighted by Gasteiger charge is 2.36. The van der Waals surface area contributed by atoms with E-state index in [0.29, 0.717) is 0 Å². The minimum Gasteiger partial charge on any atom is -0.322 e. The van der Waals surface area contributed by atoms with E-state index in [0.717, 1.165) is 37.2 Å². The van der Waals surface area contributed by atoms with Crippen LogP contribution in [0.5, 0.6) is 0 Å². The van der Waals surface area contributed by atoms with Crippen LogP contribution < -0.4 is 5.73 Å². The molecule has 1 aromatic rings. The molecule has 120 valence electrons. The largest absolute Gasteiger partial charge is 0.416 e. The number of benzene rings is 1. The van der Waals surface area contributed by atoms with E-state index in [-0.39, 0.29) is 11.6 Å². The Hall–Kier alpha value is -1.07. The molecule has 2 N–H and O–H groups in total.